The molecule has 2 heterocycles. The van der Waals surface area contributed by atoms with Crippen LogP contribution < -0.4 is 15.5 Å². The summed E-state index contributed by atoms with van der Waals surface area (Å²) in [5, 5.41) is 3.15. The fourth-order valence-electron chi connectivity index (χ4n) is 4.87. The molecular formula is C28H30ClF2N3O3. The minimum atomic E-state index is -0.671. The van der Waals surface area contributed by atoms with Crippen molar-refractivity contribution in [2.24, 2.45) is 0 Å². The fourth-order valence-corrected chi connectivity index (χ4v) is 5.02. The highest BCUT2D eigenvalue weighted by atomic mass is 35.5. The van der Waals surface area contributed by atoms with Crippen molar-refractivity contribution in [2.45, 2.75) is 51.1 Å². The Bertz CT molecular complexity index is 1380. The predicted octanol–water partition coefficient (Wildman–Crippen LogP) is 5.24. The lowest BCUT2D eigenvalue weighted by molar-refractivity contribution is 0.0908. The molecule has 2 aliphatic rings. The topological polar surface area (TPSA) is 63.6 Å². The summed E-state index contributed by atoms with van der Waals surface area (Å²) in [6.45, 7) is 4.70. The molecule has 1 aliphatic carbocycles. The normalized spacial score (nSPS) is 16.8. The van der Waals surface area contributed by atoms with Gasteiger partial charge in [-0.25, -0.2) is 8.78 Å². The average Bonchev–Trinajstić information content (AvgIpc) is 3.72. The van der Waals surface area contributed by atoms with Crippen LogP contribution in [0.25, 0.3) is 10.9 Å². The molecule has 37 heavy (non-hydrogen) atoms. The number of fused-ring (bicyclic) bond motifs is 1. The highest BCUT2D eigenvalue weighted by Crippen LogP contribution is 2.37. The van der Waals surface area contributed by atoms with Crippen LogP contribution in [-0.2, 0) is 0 Å². The summed E-state index contributed by atoms with van der Waals surface area (Å²) in [6, 6.07) is 7.63. The molecule has 9 heteroatoms. The van der Waals surface area contributed by atoms with Crippen molar-refractivity contribution in [3.8, 4) is 5.75 Å². The molecule has 0 unspecified atom stereocenters. The molecule has 0 radical (unpaired) electrons. The van der Waals surface area contributed by atoms with Crippen molar-refractivity contribution in [2.75, 3.05) is 26.2 Å². The maximum Gasteiger partial charge on any atom is 0.256 e. The highest BCUT2D eigenvalue weighted by Gasteiger charge is 2.28. The largest absolute Gasteiger partial charge is 0.493 e. The second kappa shape index (κ2) is 10.8. The summed E-state index contributed by atoms with van der Waals surface area (Å²) in [5.41, 5.74) is 0.703. The number of aromatic nitrogens is 1. The first-order valence-electron chi connectivity index (χ1n) is 12.8. The Labute approximate surface area is 219 Å². The number of ether oxygens (including phenoxy) is 1. The van der Waals surface area contributed by atoms with Crippen LogP contribution in [0.4, 0.5) is 8.78 Å². The van der Waals surface area contributed by atoms with Crippen LogP contribution in [-0.4, -0.2) is 47.7 Å². The van der Waals surface area contributed by atoms with Crippen LogP contribution in [0.15, 0.2) is 41.3 Å². The van der Waals surface area contributed by atoms with Gasteiger partial charge in [0.05, 0.1) is 17.1 Å². The maximum absolute atomic E-state index is 14.1. The Kier molecular flexibility index (Phi) is 7.49. The van der Waals surface area contributed by atoms with E-state index in [4.69, 9.17) is 16.3 Å². The summed E-state index contributed by atoms with van der Waals surface area (Å²) < 4.78 is 35.3. The second-order valence-corrected chi connectivity index (χ2v) is 10.4. The minimum absolute atomic E-state index is 0.0354. The molecule has 196 valence electrons. The molecule has 1 amide bonds. The van der Waals surface area contributed by atoms with Crippen molar-refractivity contribution in [1.29, 1.82) is 0 Å². The smallest absolute Gasteiger partial charge is 0.256 e. The molecule has 5 rings (SSSR count). The van der Waals surface area contributed by atoms with Gasteiger partial charge in [-0.15, -0.1) is 0 Å². The van der Waals surface area contributed by atoms with E-state index in [1.165, 1.54) is 12.1 Å². The minimum Gasteiger partial charge on any atom is -0.493 e. The Hall–Kier alpha value is -2.97. The van der Waals surface area contributed by atoms with Crippen molar-refractivity contribution < 1.29 is 18.3 Å². The van der Waals surface area contributed by atoms with Gasteiger partial charge in [0.15, 0.2) is 0 Å². The number of rotatable bonds is 8. The lowest BCUT2D eigenvalue weighted by Gasteiger charge is -2.32. The number of carbonyl (C=O) groups excluding carboxylic acids is 1. The molecule has 2 fully saturated rings. The van der Waals surface area contributed by atoms with Gasteiger partial charge in [0.25, 0.3) is 5.91 Å². The molecule has 1 aromatic heterocycles. The average molecular weight is 530 g/mol. The van der Waals surface area contributed by atoms with E-state index >= 15 is 0 Å². The van der Waals surface area contributed by atoms with Crippen LogP contribution in [0.3, 0.4) is 0 Å². The Morgan fingerprint density at radius 1 is 1.11 bits per heavy atom. The van der Waals surface area contributed by atoms with Gasteiger partial charge in [0.2, 0.25) is 5.43 Å². The third-order valence-corrected chi connectivity index (χ3v) is 7.50. The molecular weight excluding hydrogens is 500 g/mol. The Balaban J connectivity index is 1.15. The van der Waals surface area contributed by atoms with Crippen LogP contribution in [0.1, 0.15) is 54.1 Å². The Morgan fingerprint density at radius 3 is 2.57 bits per heavy atom. The van der Waals surface area contributed by atoms with Gasteiger partial charge < -0.3 is 19.5 Å². The van der Waals surface area contributed by atoms with Gasteiger partial charge in [-0.2, -0.15) is 0 Å². The van der Waals surface area contributed by atoms with Crippen molar-refractivity contribution >= 4 is 28.4 Å². The van der Waals surface area contributed by atoms with E-state index in [0.717, 1.165) is 57.8 Å². The molecule has 1 saturated carbocycles. The fraction of sp³-hybridized carbons (Fsp3) is 0.429. The van der Waals surface area contributed by atoms with E-state index < -0.39 is 17.2 Å². The van der Waals surface area contributed by atoms with Crippen molar-refractivity contribution in [3.05, 3.63) is 74.5 Å². The van der Waals surface area contributed by atoms with Crippen molar-refractivity contribution in [1.82, 2.24) is 14.8 Å². The van der Waals surface area contributed by atoms with Gasteiger partial charge in [-0.3, -0.25) is 9.59 Å². The summed E-state index contributed by atoms with van der Waals surface area (Å²) >= 11 is 5.96. The molecule has 6 nitrogen and oxygen atoms in total. The highest BCUT2D eigenvalue weighted by molar-refractivity contribution is 6.31. The SMILES string of the molecule is Cc1ccc(OCCCN2CCC(NC(=O)c3cn(C4CC4)c4cc(Cl)c(F)cc4c3=O)CC2)cc1F. The number of carbonyl (C=O) groups is 1. The lowest BCUT2D eigenvalue weighted by atomic mass is 10.0. The third-order valence-electron chi connectivity index (χ3n) is 7.21. The Morgan fingerprint density at radius 2 is 1.86 bits per heavy atom. The molecule has 0 bridgehead atoms. The number of aryl methyl sites for hydroxylation is 1. The second-order valence-electron chi connectivity index (χ2n) is 10.00. The quantitative estimate of drug-likeness (QED) is 0.405. The van der Waals surface area contributed by atoms with Crippen LogP contribution in [0, 0.1) is 18.6 Å². The van der Waals surface area contributed by atoms with Crippen LogP contribution >= 0.6 is 11.6 Å². The van der Waals surface area contributed by atoms with Crippen LogP contribution in [0.5, 0.6) is 5.75 Å². The van der Waals surface area contributed by atoms with Gasteiger partial charge >= 0.3 is 0 Å². The first kappa shape index (κ1) is 25.7. The number of hydrogen-bond acceptors (Lipinski definition) is 4. The number of nitrogens with one attached hydrogen (secondary N) is 1. The third kappa shape index (κ3) is 5.80. The van der Waals surface area contributed by atoms with Crippen molar-refractivity contribution in [3.63, 3.8) is 0 Å². The van der Waals surface area contributed by atoms with Gasteiger partial charge in [0.1, 0.15) is 22.9 Å². The number of amides is 1. The van der Waals surface area contributed by atoms with Crippen LogP contribution in [0.2, 0.25) is 5.02 Å². The van der Waals surface area contributed by atoms with Gasteiger partial charge in [-0.05, 0) is 62.8 Å². The monoisotopic (exact) mass is 529 g/mol. The van der Waals surface area contributed by atoms with Gasteiger partial charge in [-0.1, -0.05) is 17.7 Å². The van der Waals surface area contributed by atoms with Gasteiger partial charge in [0, 0.05) is 49.4 Å². The molecule has 1 N–H and O–H groups in total. The number of hydrogen-bond donors (Lipinski definition) is 1. The molecule has 2 aromatic carbocycles. The predicted molar refractivity (Wildman–Crippen MR) is 140 cm³/mol. The van der Waals surface area contributed by atoms with E-state index in [-0.39, 0.29) is 33.9 Å². The number of benzene rings is 2. The summed E-state index contributed by atoms with van der Waals surface area (Å²) in [5.74, 6) is -0.832. The summed E-state index contributed by atoms with van der Waals surface area (Å²) in [4.78, 5) is 28.5. The molecule has 0 spiro atoms. The van der Waals surface area contributed by atoms with E-state index in [1.807, 2.05) is 4.57 Å². The lowest BCUT2D eigenvalue weighted by Crippen LogP contribution is -2.45. The first-order valence-corrected chi connectivity index (χ1v) is 13.1. The number of pyridine rings is 1. The molecule has 0 atom stereocenters. The first-order chi connectivity index (χ1) is 17.8. The number of halogens is 3. The van der Waals surface area contributed by atoms with E-state index in [2.05, 4.69) is 10.2 Å². The number of likely N-dealkylation sites (tertiary alicyclic amines) is 1. The van der Waals surface area contributed by atoms with E-state index in [0.29, 0.717) is 23.4 Å². The van der Waals surface area contributed by atoms with E-state index in [9.17, 15) is 18.4 Å². The zero-order valence-corrected chi connectivity index (χ0v) is 21.5. The van der Waals surface area contributed by atoms with E-state index in [1.54, 1.807) is 25.3 Å². The number of piperidine rings is 1. The molecule has 1 aliphatic heterocycles. The zero-order valence-electron chi connectivity index (χ0n) is 20.7. The summed E-state index contributed by atoms with van der Waals surface area (Å²) in [7, 11) is 0. The zero-order chi connectivity index (χ0) is 26.1. The molecule has 3 aromatic rings. The standard InChI is InChI=1S/C28H30ClF2N3O3/c1-17-3-6-20(13-24(17)30)37-12-2-9-33-10-7-18(8-11-33)32-28(36)22-16-34(19-4-5-19)26-15-23(29)25(31)14-21(26)27(22)35/h3,6,13-16,18-19H,2,4-5,7-12H2,1H3,(H,32,36). The summed E-state index contributed by atoms with van der Waals surface area (Å²) in [6.07, 6.45) is 5.83. The molecule has 1 saturated heterocycles. The maximum atomic E-state index is 14.1. The number of nitrogens with zero attached hydrogens (tertiary/aromatic N) is 2.